The van der Waals surface area contributed by atoms with Gasteiger partial charge in [-0.05, 0) is 35.7 Å². The third kappa shape index (κ3) is 3.05. The molecule has 0 atom stereocenters. The maximum absolute atomic E-state index is 12.9. The summed E-state index contributed by atoms with van der Waals surface area (Å²) in [5.74, 6) is 1.15. The van der Waals surface area contributed by atoms with Gasteiger partial charge in [-0.2, -0.15) is 0 Å². The highest BCUT2D eigenvalue weighted by Crippen LogP contribution is 2.39. The molecular weight excluding hydrogens is 380 g/mol. The van der Waals surface area contributed by atoms with Crippen molar-refractivity contribution in [1.82, 2.24) is 10.2 Å². The van der Waals surface area contributed by atoms with Crippen LogP contribution in [-0.2, 0) is 0 Å². The van der Waals surface area contributed by atoms with Crippen LogP contribution in [0, 0.1) is 0 Å². The number of ether oxygens (including phenoxy) is 2. The summed E-state index contributed by atoms with van der Waals surface area (Å²) < 4.78 is 11.8. The van der Waals surface area contributed by atoms with Crippen LogP contribution in [0.4, 0.5) is 0 Å². The maximum atomic E-state index is 12.9. The van der Waals surface area contributed by atoms with Gasteiger partial charge in [0.15, 0.2) is 5.72 Å². The molecule has 0 aliphatic carbocycles. The molecule has 2 aliphatic rings. The summed E-state index contributed by atoms with van der Waals surface area (Å²) in [5, 5.41) is 4.88. The van der Waals surface area contributed by atoms with Crippen LogP contribution in [0.15, 0.2) is 60.7 Å². The average molecular weight is 402 g/mol. The van der Waals surface area contributed by atoms with Crippen LogP contribution >= 0.6 is 0 Å². The molecule has 3 aromatic carbocycles. The number of nitrogens with zero attached hydrogens (tertiary/aromatic N) is 1. The number of piperidine rings is 1. The van der Waals surface area contributed by atoms with Gasteiger partial charge in [0.2, 0.25) is 0 Å². The second-order valence-corrected chi connectivity index (χ2v) is 7.74. The Balaban J connectivity index is 1.43. The Morgan fingerprint density at radius 2 is 1.80 bits per heavy atom. The highest BCUT2D eigenvalue weighted by molar-refractivity contribution is 6.05. The summed E-state index contributed by atoms with van der Waals surface area (Å²) in [7, 11) is 1.62. The summed E-state index contributed by atoms with van der Waals surface area (Å²) in [6.45, 7) is 1.02. The summed E-state index contributed by atoms with van der Waals surface area (Å²) >= 11 is 0. The predicted molar refractivity (Wildman–Crippen MR) is 113 cm³/mol. The molecule has 2 heterocycles. The molecule has 6 heteroatoms. The van der Waals surface area contributed by atoms with E-state index >= 15 is 0 Å². The van der Waals surface area contributed by atoms with E-state index in [4.69, 9.17) is 9.47 Å². The van der Waals surface area contributed by atoms with Crippen molar-refractivity contribution < 1.29 is 19.1 Å². The molecule has 30 heavy (non-hydrogen) atoms. The average Bonchev–Trinajstić information content (AvgIpc) is 2.79. The number of methoxy groups -OCH3 is 1. The van der Waals surface area contributed by atoms with Gasteiger partial charge in [0, 0.05) is 36.9 Å². The van der Waals surface area contributed by atoms with Gasteiger partial charge in [-0.25, -0.2) is 0 Å². The van der Waals surface area contributed by atoms with Gasteiger partial charge in [0.05, 0.1) is 12.7 Å². The molecule has 2 amide bonds. The van der Waals surface area contributed by atoms with E-state index in [0.29, 0.717) is 48.6 Å². The van der Waals surface area contributed by atoms with Crippen molar-refractivity contribution >= 4 is 22.6 Å². The lowest BCUT2D eigenvalue weighted by Crippen LogP contribution is -2.61. The van der Waals surface area contributed by atoms with Crippen molar-refractivity contribution in [3.05, 3.63) is 71.8 Å². The Morgan fingerprint density at radius 1 is 1.07 bits per heavy atom. The molecule has 1 N–H and O–H groups in total. The van der Waals surface area contributed by atoms with Gasteiger partial charge in [0.1, 0.15) is 11.5 Å². The van der Waals surface area contributed by atoms with E-state index in [9.17, 15) is 9.59 Å². The molecule has 2 aliphatic heterocycles. The smallest absolute Gasteiger partial charge is 0.258 e. The van der Waals surface area contributed by atoms with Crippen molar-refractivity contribution in [2.75, 3.05) is 20.2 Å². The van der Waals surface area contributed by atoms with Crippen molar-refractivity contribution in [3.63, 3.8) is 0 Å². The maximum Gasteiger partial charge on any atom is 0.258 e. The molecule has 6 nitrogen and oxygen atoms in total. The largest absolute Gasteiger partial charge is 0.497 e. The summed E-state index contributed by atoms with van der Waals surface area (Å²) in [4.78, 5) is 27.5. The van der Waals surface area contributed by atoms with Crippen molar-refractivity contribution in [1.29, 1.82) is 0 Å². The van der Waals surface area contributed by atoms with Crippen LogP contribution in [0.2, 0.25) is 0 Å². The zero-order valence-corrected chi connectivity index (χ0v) is 16.7. The van der Waals surface area contributed by atoms with Crippen molar-refractivity contribution in [2.45, 2.75) is 18.6 Å². The zero-order chi connectivity index (χ0) is 20.7. The second kappa shape index (κ2) is 7.06. The lowest BCUT2D eigenvalue weighted by Gasteiger charge is -2.44. The Labute approximate surface area is 174 Å². The van der Waals surface area contributed by atoms with Crippen LogP contribution in [-0.4, -0.2) is 42.6 Å². The molecule has 3 aromatic rings. The van der Waals surface area contributed by atoms with E-state index in [1.54, 1.807) is 13.2 Å². The first kappa shape index (κ1) is 18.5. The third-order valence-electron chi connectivity index (χ3n) is 5.94. The van der Waals surface area contributed by atoms with E-state index in [-0.39, 0.29) is 11.8 Å². The zero-order valence-electron chi connectivity index (χ0n) is 16.7. The van der Waals surface area contributed by atoms with Crippen molar-refractivity contribution in [2.24, 2.45) is 0 Å². The number of hydrogen-bond acceptors (Lipinski definition) is 4. The topological polar surface area (TPSA) is 67.9 Å². The lowest BCUT2D eigenvalue weighted by atomic mass is 9.95. The highest BCUT2D eigenvalue weighted by atomic mass is 16.5. The predicted octanol–water partition coefficient (Wildman–Crippen LogP) is 3.60. The normalized spacial score (nSPS) is 17.2. The number of fused-ring (bicyclic) bond motifs is 3. The molecule has 5 rings (SSSR count). The molecule has 1 saturated heterocycles. The molecule has 0 unspecified atom stereocenters. The fourth-order valence-electron chi connectivity index (χ4n) is 4.24. The van der Waals surface area contributed by atoms with E-state index in [1.165, 1.54) is 0 Å². The Bertz CT molecular complexity index is 1130. The van der Waals surface area contributed by atoms with Gasteiger partial charge in [0.25, 0.3) is 11.8 Å². The molecule has 0 bridgehead atoms. The fraction of sp³-hybridized carbons (Fsp3) is 0.250. The minimum atomic E-state index is -0.811. The molecule has 1 spiro atoms. The van der Waals surface area contributed by atoms with E-state index < -0.39 is 5.72 Å². The number of rotatable bonds is 2. The summed E-state index contributed by atoms with van der Waals surface area (Å²) in [6.07, 6.45) is 1.05. The Morgan fingerprint density at radius 3 is 2.53 bits per heavy atom. The quantitative estimate of drug-likeness (QED) is 0.711. The van der Waals surface area contributed by atoms with Crippen LogP contribution in [0.3, 0.4) is 0 Å². The van der Waals surface area contributed by atoms with Gasteiger partial charge < -0.3 is 19.7 Å². The number of likely N-dealkylation sites (tertiary alicyclic amines) is 1. The molecular formula is C24H22N2O4. The van der Waals surface area contributed by atoms with E-state index in [0.717, 1.165) is 10.8 Å². The first-order chi connectivity index (χ1) is 14.6. The Hall–Kier alpha value is -3.54. The van der Waals surface area contributed by atoms with E-state index in [1.807, 2.05) is 59.5 Å². The monoisotopic (exact) mass is 402 g/mol. The summed E-state index contributed by atoms with van der Waals surface area (Å²) in [6, 6.07) is 18.7. The first-order valence-electron chi connectivity index (χ1n) is 10.1. The van der Waals surface area contributed by atoms with Crippen LogP contribution in [0.25, 0.3) is 10.8 Å². The standard InChI is InChI=1S/C24H22N2O4/c1-29-18-9-7-16-8-10-19-21(20(16)15-18)30-24(25-22(19)27)11-13-26(14-12-24)23(28)17-5-3-2-4-6-17/h2-10,15H,11-14H2,1H3,(H,25,27). The SMILES string of the molecule is COc1ccc2ccc3c(c2c1)OC1(CCN(C(=O)c2ccccc2)CC1)NC3=O. The third-order valence-corrected chi connectivity index (χ3v) is 5.94. The molecule has 0 saturated carbocycles. The van der Waals surface area contributed by atoms with Crippen LogP contribution < -0.4 is 14.8 Å². The van der Waals surface area contributed by atoms with Gasteiger partial charge in [-0.3, -0.25) is 9.59 Å². The van der Waals surface area contributed by atoms with Crippen LogP contribution in [0.1, 0.15) is 33.6 Å². The minimum absolute atomic E-state index is 0.00294. The molecule has 0 aromatic heterocycles. The second-order valence-electron chi connectivity index (χ2n) is 7.74. The minimum Gasteiger partial charge on any atom is -0.497 e. The van der Waals surface area contributed by atoms with E-state index in [2.05, 4.69) is 5.32 Å². The number of hydrogen-bond donors (Lipinski definition) is 1. The highest BCUT2D eigenvalue weighted by Gasteiger charge is 2.43. The summed E-state index contributed by atoms with van der Waals surface area (Å²) in [5.41, 5.74) is 0.379. The van der Waals surface area contributed by atoms with Gasteiger partial charge in [-0.15, -0.1) is 0 Å². The Kier molecular flexibility index (Phi) is 4.35. The fourth-order valence-corrected chi connectivity index (χ4v) is 4.24. The molecule has 0 radical (unpaired) electrons. The lowest BCUT2D eigenvalue weighted by molar-refractivity contribution is -0.0235. The number of amides is 2. The first-order valence-corrected chi connectivity index (χ1v) is 10.1. The molecule has 152 valence electrons. The number of nitrogens with one attached hydrogen (secondary N) is 1. The number of benzene rings is 3. The van der Waals surface area contributed by atoms with Crippen LogP contribution in [0.5, 0.6) is 11.5 Å². The molecule has 1 fully saturated rings. The number of carbonyl (C=O) groups excluding carboxylic acids is 2. The van der Waals surface area contributed by atoms with Crippen molar-refractivity contribution in [3.8, 4) is 11.5 Å². The van der Waals surface area contributed by atoms with Gasteiger partial charge >= 0.3 is 0 Å². The van der Waals surface area contributed by atoms with Gasteiger partial charge in [-0.1, -0.05) is 30.3 Å². The number of carbonyl (C=O) groups is 2.